The van der Waals surface area contributed by atoms with E-state index in [0.717, 1.165) is 16.0 Å². The smallest absolute Gasteiger partial charge is 0.255 e. The first-order valence-corrected chi connectivity index (χ1v) is 22.6. The number of nitrogens with two attached hydrogens (primary N) is 3. The number of rotatable bonds is 16. The van der Waals surface area contributed by atoms with Crippen LogP contribution in [0.25, 0.3) is 22.5 Å². The number of aryl methyl sites for hydroxylation is 2. The Morgan fingerprint density at radius 3 is 2.23 bits per heavy atom. The number of nitrogens with zero attached hydrogens (tertiary/aromatic N) is 4. The van der Waals surface area contributed by atoms with Gasteiger partial charge in [0.15, 0.2) is 17.3 Å². The number of carbonyl (C=O) groups is 5. The third-order valence-corrected chi connectivity index (χ3v) is 11.5. The maximum atomic E-state index is 14.8. The molecule has 368 valence electrons. The van der Waals surface area contributed by atoms with Gasteiger partial charge in [-0.25, -0.2) is 9.97 Å². The molecular formula is C49H63N11O9. The van der Waals surface area contributed by atoms with Gasteiger partial charge in [-0.05, 0) is 80.1 Å². The lowest BCUT2D eigenvalue weighted by molar-refractivity contribution is -0.141. The van der Waals surface area contributed by atoms with Crippen molar-refractivity contribution in [2.45, 2.75) is 90.1 Å². The number of hydrogen-bond acceptors (Lipinski definition) is 15. The lowest BCUT2D eigenvalue weighted by Crippen LogP contribution is -2.56. The van der Waals surface area contributed by atoms with Crippen molar-refractivity contribution in [1.82, 2.24) is 36.1 Å². The Hall–Kier alpha value is -7.18. The lowest BCUT2D eigenvalue weighted by atomic mass is 9.86. The van der Waals surface area contributed by atoms with Crippen LogP contribution in [0.3, 0.4) is 0 Å². The van der Waals surface area contributed by atoms with E-state index in [9.17, 15) is 39.4 Å². The number of nitrogens with one attached hydrogen (secondary N) is 4. The van der Waals surface area contributed by atoms with Gasteiger partial charge in [0.05, 0.1) is 23.0 Å². The highest BCUT2D eigenvalue weighted by Gasteiger charge is 2.37. The van der Waals surface area contributed by atoms with Crippen molar-refractivity contribution < 1.29 is 43.7 Å². The number of amides is 5. The maximum absolute atomic E-state index is 14.8. The molecule has 4 aromatic rings. The Morgan fingerprint density at radius 1 is 0.942 bits per heavy atom. The van der Waals surface area contributed by atoms with Gasteiger partial charge >= 0.3 is 0 Å². The maximum Gasteiger partial charge on any atom is 0.255 e. The zero-order valence-electron chi connectivity index (χ0n) is 40.0. The summed E-state index contributed by atoms with van der Waals surface area (Å²) in [5.74, 6) is -3.75. The van der Waals surface area contributed by atoms with E-state index in [1.165, 1.54) is 32.2 Å². The summed E-state index contributed by atoms with van der Waals surface area (Å²) in [6.07, 6.45) is -1.26. The Balaban J connectivity index is 1.62. The van der Waals surface area contributed by atoms with Gasteiger partial charge in [-0.2, -0.15) is 5.26 Å². The SMILES string of the molecule is Cc1nc(-c2ccc(C(C)(C)C)cc2)nc(C)c1C(=O)NC(CCN)C(=O)N(C)C1C(=O)NC(C)C(=O)NC(C(=O)NCC#N)Cc2ccc(OCC(O)CN)c(c2)-c2cc1cc(OCCN)c2O. The number of ether oxygens (including phenoxy) is 2. The molecule has 0 aliphatic carbocycles. The molecule has 5 unspecified atom stereocenters. The topological polar surface area (TPSA) is 323 Å². The van der Waals surface area contributed by atoms with Crippen molar-refractivity contribution in [2.75, 3.05) is 46.4 Å². The molecule has 4 bridgehead atoms. The molecule has 0 saturated carbocycles. The molecule has 3 aromatic carbocycles. The molecule has 1 aliphatic rings. The van der Waals surface area contributed by atoms with Gasteiger partial charge in [-0.3, -0.25) is 24.0 Å². The quantitative estimate of drug-likeness (QED) is 0.0715. The number of aliphatic hydroxyl groups excluding tert-OH is 1. The summed E-state index contributed by atoms with van der Waals surface area (Å²) < 4.78 is 11.9. The second kappa shape index (κ2) is 23.2. The van der Waals surface area contributed by atoms with Gasteiger partial charge in [0.1, 0.15) is 55.8 Å². The minimum absolute atomic E-state index is 0.0295. The van der Waals surface area contributed by atoms with Crippen molar-refractivity contribution >= 4 is 29.5 Å². The van der Waals surface area contributed by atoms with Gasteiger partial charge in [0.25, 0.3) is 5.91 Å². The monoisotopic (exact) mass is 949 g/mol. The van der Waals surface area contributed by atoms with Crippen LogP contribution in [0.2, 0.25) is 0 Å². The first-order chi connectivity index (χ1) is 32.7. The molecule has 1 aromatic heterocycles. The Bertz CT molecular complexity index is 2550. The first-order valence-electron chi connectivity index (χ1n) is 22.6. The van der Waals surface area contributed by atoms with Crippen LogP contribution >= 0.6 is 0 Å². The van der Waals surface area contributed by atoms with Crippen LogP contribution in [0.15, 0.2) is 54.6 Å². The van der Waals surface area contributed by atoms with Crippen LogP contribution in [0, 0.1) is 25.2 Å². The Labute approximate surface area is 401 Å². The molecule has 2 heterocycles. The van der Waals surface area contributed by atoms with E-state index in [1.54, 1.807) is 26.0 Å². The predicted molar refractivity (Wildman–Crippen MR) is 257 cm³/mol. The third kappa shape index (κ3) is 12.9. The summed E-state index contributed by atoms with van der Waals surface area (Å²) in [5.41, 5.74) is 21.0. The van der Waals surface area contributed by atoms with Gasteiger partial charge in [-0.15, -0.1) is 0 Å². The van der Waals surface area contributed by atoms with Crippen molar-refractivity contribution in [1.29, 1.82) is 5.26 Å². The fourth-order valence-corrected chi connectivity index (χ4v) is 7.79. The lowest BCUT2D eigenvalue weighted by Gasteiger charge is -2.33. The number of likely N-dealkylation sites (N-methyl/N-ethyl adjacent to an activating group) is 1. The molecule has 20 nitrogen and oxygen atoms in total. The number of carbonyl (C=O) groups excluding carboxylic acids is 5. The fraction of sp³-hybridized carbons (Fsp3) is 0.429. The molecule has 5 rings (SSSR count). The number of phenols is 1. The number of benzene rings is 3. The number of fused-ring (bicyclic) bond motifs is 5. The van der Waals surface area contributed by atoms with Crippen LogP contribution in [0.1, 0.15) is 78.6 Å². The second-order valence-electron chi connectivity index (χ2n) is 17.8. The minimum atomic E-state index is -1.59. The van der Waals surface area contributed by atoms with Crippen LogP contribution in [0.4, 0.5) is 0 Å². The van der Waals surface area contributed by atoms with Crippen LogP contribution in [-0.2, 0) is 31.0 Å². The fourth-order valence-electron chi connectivity index (χ4n) is 7.79. The molecular weight excluding hydrogens is 887 g/mol. The highest BCUT2D eigenvalue weighted by Crippen LogP contribution is 2.45. The highest BCUT2D eigenvalue weighted by atomic mass is 16.5. The molecule has 20 heteroatoms. The third-order valence-electron chi connectivity index (χ3n) is 11.5. The highest BCUT2D eigenvalue weighted by molar-refractivity contribution is 6.00. The van der Waals surface area contributed by atoms with E-state index in [2.05, 4.69) is 52.0 Å². The molecule has 0 saturated heterocycles. The summed E-state index contributed by atoms with van der Waals surface area (Å²) >= 11 is 0. The van der Waals surface area contributed by atoms with E-state index < -0.39 is 65.6 Å². The van der Waals surface area contributed by atoms with Gasteiger partial charge in [-0.1, -0.05) is 51.1 Å². The standard InChI is InChI=1S/C49H63N11O9/c1-26-40(27(2)56-43(55-26)30-9-11-32(12-10-30)49(4,5)6)46(65)58-36(14-15-50)48(67)60(7)41-31-22-35(42(62)39(23-31)68-19-17-52)34-20-29(8-13-38(34)69-25-33(61)24-53)21-37(45(64)54-18-16-51)59-44(63)28(3)57-47(41)66/h8-13,20,22-23,28,33,36-37,41,61-62H,14-15,17-19,21,24-25,50,52-53H2,1-7H3,(H,54,64)(H,57,66)(H,58,65)(H,59,63). The Morgan fingerprint density at radius 2 is 1.62 bits per heavy atom. The van der Waals surface area contributed by atoms with Crippen molar-refractivity contribution in [2.24, 2.45) is 17.2 Å². The molecule has 12 N–H and O–H groups in total. The largest absolute Gasteiger partial charge is 0.504 e. The molecule has 5 amide bonds. The zero-order chi connectivity index (χ0) is 50.7. The number of aromatic nitrogens is 2. The number of aromatic hydroxyl groups is 1. The summed E-state index contributed by atoms with van der Waals surface area (Å²) in [4.78, 5) is 81.3. The van der Waals surface area contributed by atoms with E-state index in [4.69, 9.17) is 26.7 Å². The first kappa shape index (κ1) is 52.8. The van der Waals surface area contributed by atoms with Crippen molar-refractivity contribution in [3.63, 3.8) is 0 Å². The number of hydrogen-bond donors (Lipinski definition) is 9. The predicted octanol–water partition coefficient (Wildman–Crippen LogP) is 1.30. The van der Waals surface area contributed by atoms with E-state index >= 15 is 0 Å². The normalized spacial score (nSPS) is 16.9. The molecule has 0 fully saturated rings. The Kier molecular flexibility index (Phi) is 17.8. The van der Waals surface area contributed by atoms with Gasteiger partial charge in [0.2, 0.25) is 23.6 Å². The summed E-state index contributed by atoms with van der Waals surface area (Å²) in [7, 11) is 1.33. The number of nitriles is 1. The van der Waals surface area contributed by atoms with E-state index in [-0.39, 0.29) is 91.4 Å². The number of phenolic OH excluding ortho intramolecular Hbond substituents is 1. The molecule has 0 radical (unpaired) electrons. The van der Waals surface area contributed by atoms with Crippen LogP contribution in [-0.4, -0.2) is 125 Å². The van der Waals surface area contributed by atoms with Gasteiger partial charge in [0, 0.05) is 43.2 Å². The molecule has 1 aliphatic heterocycles. The van der Waals surface area contributed by atoms with Gasteiger partial charge < -0.3 is 63.1 Å². The number of aliphatic hydroxyl groups is 1. The average molecular weight is 950 g/mol. The molecule has 0 spiro atoms. The van der Waals surface area contributed by atoms with Crippen molar-refractivity contribution in [3.05, 3.63) is 88.2 Å². The average Bonchev–Trinajstić information content (AvgIpc) is 3.31. The molecule has 69 heavy (non-hydrogen) atoms. The molecule has 5 atom stereocenters. The zero-order valence-corrected chi connectivity index (χ0v) is 40.0. The van der Waals surface area contributed by atoms with Crippen LogP contribution < -0.4 is 47.9 Å². The second-order valence-corrected chi connectivity index (χ2v) is 17.8. The summed E-state index contributed by atoms with van der Waals surface area (Å²) in [5, 5.41) is 42.0. The minimum Gasteiger partial charge on any atom is -0.504 e. The van der Waals surface area contributed by atoms with Crippen LogP contribution in [0.5, 0.6) is 17.2 Å². The summed E-state index contributed by atoms with van der Waals surface area (Å²) in [6, 6.07) is 11.8. The van der Waals surface area contributed by atoms with E-state index in [1.807, 2.05) is 30.3 Å². The van der Waals surface area contributed by atoms with E-state index in [0.29, 0.717) is 22.8 Å². The van der Waals surface area contributed by atoms with Crippen molar-refractivity contribution in [3.8, 4) is 45.8 Å². The summed E-state index contributed by atoms with van der Waals surface area (Å²) in [6.45, 7) is 10.2.